The molecule has 1 saturated carbocycles. The van der Waals surface area contributed by atoms with E-state index < -0.39 is 0 Å². The Morgan fingerprint density at radius 1 is 1.32 bits per heavy atom. The van der Waals surface area contributed by atoms with Crippen molar-refractivity contribution in [2.75, 3.05) is 4.90 Å². The van der Waals surface area contributed by atoms with Crippen LogP contribution in [-0.4, -0.2) is 28.3 Å². The third kappa shape index (κ3) is 3.66. The number of anilines is 1. The van der Waals surface area contributed by atoms with Gasteiger partial charge in [0.15, 0.2) is 5.01 Å². The molecule has 2 aliphatic rings. The molecule has 0 N–H and O–H groups in total. The fourth-order valence-electron chi connectivity index (χ4n) is 4.04. The van der Waals surface area contributed by atoms with Crippen LogP contribution in [0.3, 0.4) is 0 Å². The lowest BCUT2D eigenvalue weighted by Crippen LogP contribution is -2.43. The minimum atomic E-state index is 0.121. The molecule has 1 unspecified atom stereocenters. The summed E-state index contributed by atoms with van der Waals surface area (Å²) in [5.41, 5.74) is 3.18. The van der Waals surface area contributed by atoms with Crippen LogP contribution in [0.2, 0.25) is 0 Å². The highest BCUT2D eigenvalue weighted by Gasteiger charge is 2.39. The van der Waals surface area contributed by atoms with Crippen LogP contribution in [0.25, 0.3) is 10.6 Å². The molecule has 1 aromatic heterocycles. The molecular formula is C22H29N3O2S. The van der Waals surface area contributed by atoms with Gasteiger partial charge in [-0.05, 0) is 65.0 Å². The molecule has 1 aliphatic heterocycles. The van der Waals surface area contributed by atoms with Crippen LogP contribution in [0.1, 0.15) is 63.4 Å². The number of carbonyl (C=O) groups is 1. The van der Waals surface area contributed by atoms with Crippen LogP contribution in [0.15, 0.2) is 12.1 Å². The van der Waals surface area contributed by atoms with Gasteiger partial charge in [-0.2, -0.15) is 0 Å². The molecule has 2 heterocycles. The Labute approximate surface area is 171 Å². The van der Waals surface area contributed by atoms with Crippen molar-refractivity contribution in [3.8, 4) is 16.3 Å². The summed E-state index contributed by atoms with van der Waals surface area (Å²) in [4.78, 5) is 15.0. The molecule has 28 heavy (non-hydrogen) atoms. The highest BCUT2D eigenvalue weighted by molar-refractivity contribution is 7.14. The summed E-state index contributed by atoms with van der Waals surface area (Å²) < 4.78 is 6.49. The van der Waals surface area contributed by atoms with Gasteiger partial charge in [-0.1, -0.05) is 24.7 Å². The van der Waals surface area contributed by atoms with E-state index in [1.165, 1.54) is 0 Å². The standard InChI is InChI=1S/C22H29N3O2S/c1-5-6-14(3)27-20-17-10-7-13(2)25(22(26)16-8-9-16)19(17)12-11-18(20)21-24-23-15(4)28-21/h11-14,16H,5-10H2,1-4H3/t13-,14?/m0/s1. The highest BCUT2D eigenvalue weighted by Crippen LogP contribution is 2.45. The number of ether oxygens (including phenoxy) is 1. The average Bonchev–Trinajstić information content (AvgIpc) is 3.43. The van der Waals surface area contributed by atoms with E-state index in [-0.39, 0.29) is 24.0 Å². The second kappa shape index (κ2) is 7.82. The predicted molar refractivity (Wildman–Crippen MR) is 113 cm³/mol. The molecule has 2 atom stereocenters. The first-order valence-electron chi connectivity index (χ1n) is 10.5. The summed E-state index contributed by atoms with van der Waals surface area (Å²) in [5.74, 6) is 1.39. The summed E-state index contributed by atoms with van der Waals surface area (Å²) in [6.07, 6.45) is 6.13. The fourth-order valence-corrected chi connectivity index (χ4v) is 4.76. The first kappa shape index (κ1) is 19.4. The maximum atomic E-state index is 13.0. The van der Waals surface area contributed by atoms with Crippen molar-refractivity contribution in [3.05, 3.63) is 22.7 Å². The zero-order valence-electron chi connectivity index (χ0n) is 17.2. The van der Waals surface area contributed by atoms with Gasteiger partial charge >= 0.3 is 0 Å². The Kier molecular flexibility index (Phi) is 5.41. The van der Waals surface area contributed by atoms with Crippen molar-refractivity contribution < 1.29 is 9.53 Å². The molecule has 150 valence electrons. The maximum absolute atomic E-state index is 13.0. The van der Waals surface area contributed by atoms with E-state index in [0.717, 1.165) is 71.1 Å². The topological polar surface area (TPSA) is 55.3 Å². The van der Waals surface area contributed by atoms with Crippen LogP contribution < -0.4 is 9.64 Å². The van der Waals surface area contributed by atoms with Crippen LogP contribution in [-0.2, 0) is 11.2 Å². The minimum Gasteiger partial charge on any atom is -0.490 e. The maximum Gasteiger partial charge on any atom is 0.230 e. The van der Waals surface area contributed by atoms with Crippen molar-refractivity contribution >= 4 is 22.9 Å². The number of amides is 1. The molecule has 5 nitrogen and oxygen atoms in total. The van der Waals surface area contributed by atoms with Gasteiger partial charge in [0.2, 0.25) is 5.91 Å². The van der Waals surface area contributed by atoms with Crippen molar-refractivity contribution in [1.29, 1.82) is 0 Å². The lowest BCUT2D eigenvalue weighted by Gasteiger charge is -2.37. The number of nitrogens with zero attached hydrogens (tertiary/aromatic N) is 3. The molecule has 6 heteroatoms. The number of fused-ring (bicyclic) bond motifs is 1. The first-order valence-corrected chi connectivity index (χ1v) is 11.3. The Morgan fingerprint density at radius 3 is 2.75 bits per heavy atom. The SMILES string of the molecule is CCCC(C)Oc1c(-c2nnc(C)s2)ccc2c1CC[C@H](C)N2C(=O)C1CC1. The molecule has 0 saturated heterocycles. The molecule has 1 amide bonds. The smallest absolute Gasteiger partial charge is 0.230 e. The molecule has 0 radical (unpaired) electrons. The van der Waals surface area contributed by atoms with Gasteiger partial charge in [-0.3, -0.25) is 4.79 Å². The van der Waals surface area contributed by atoms with Crippen LogP contribution in [0.5, 0.6) is 5.75 Å². The highest BCUT2D eigenvalue weighted by atomic mass is 32.1. The molecule has 1 fully saturated rings. The van der Waals surface area contributed by atoms with Crippen LogP contribution in [0, 0.1) is 12.8 Å². The molecule has 0 bridgehead atoms. The Balaban J connectivity index is 1.80. The van der Waals surface area contributed by atoms with Gasteiger partial charge < -0.3 is 9.64 Å². The number of aryl methyl sites for hydroxylation is 1. The summed E-state index contributed by atoms with van der Waals surface area (Å²) in [5, 5.41) is 10.4. The summed E-state index contributed by atoms with van der Waals surface area (Å²) in [7, 11) is 0. The fraction of sp³-hybridized carbons (Fsp3) is 0.591. The Hall–Kier alpha value is -1.95. The quantitative estimate of drug-likeness (QED) is 0.673. The minimum absolute atomic E-state index is 0.121. The van der Waals surface area contributed by atoms with Gasteiger partial charge in [0, 0.05) is 17.5 Å². The number of aromatic nitrogens is 2. The van der Waals surface area contributed by atoms with Crippen molar-refractivity contribution in [3.63, 3.8) is 0 Å². The van der Waals surface area contributed by atoms with E-state index >= 15 is 0 Å². The first-order chi connectivity index (χ1) is 13.5. The number of hydrogen-bond acceptors (Lipinski definition) is 5. The second-order valence-corrected chi connectivity index (χ2v) is 9.34. The number of carbonyl (C=O) groups excluding carboxylic acids is 1. The lowest BCUT2D eigenvalue weighted by molar-refractivity contribution is -0.120. The summed E-state index contributed by atoms with van der Waals surface area (Å²) in [6.45, 7) is 8.42. The number of rotatable bonds is 6. The van der Waals surface area contributed by atoms with Crippen LogP contribution in [0.4, 0.5) is 5.69 Å². The van der Waals surface area contributed by atoms with Crippen molar-refractivity contribution in [2.45, 2.75) is 78.4 Å². The predicted octanol–water partition coefficient (Wildman–Crippen LogP) is 5.16. The van der Waals surface area contributed by atoms with Gasteiger partial charge in [0.05, 0.1) is 17.4 Å². The number of benzene rings is 1. The van der Waals surface area contributed by atoms with Crippen molar-refractivity contribution in [2.24, 2.45) is 5.92 Å². The average molecular weight is 400 g/mol. The molecular weight excluding hydrogens is 370 g/mol. The Morgan fingerprint density at radius 2 is 2.11 bits per heavy atom. The van der Waals surface area contributed by atoms with E-state index in [1.54, 1.807) is 11.3 Å². The molecule has 2 aromatic rings. The van der Waals surface area contributed by atoms with Gasteiger partial charge in [0.25, 0.3) is 0 Å². The van der Waals surface area contributed by atoms with E-state index in [1.807, 2.05) is 11.8 Å². The van der Waals surface area contributed by atoms with Gasteiger partial charge in [-0.15, -0.1) is 10.2 Å². The monoisotopic (exact) mass is 399 g/mol. The third-order valence-electron chi connectivity index (χ3n) is 5.68. The second-order valence-electron chi connectivity index (χ2n) is 8.15. The normalized spacial score (nSPS) is 20.0. The summed E-state index contributed by atoms with van der Waals surface area (Å²) in [6, 6.07) is 4.39. The third-order valence-corrected chi connectivity index (χ3v) is 6.55. The zero-order valence-corrected chi connectivity index (χ0v) is 18.0. The lowest BCUT2D eigenvalue weighted by atomic mass is 9.93. The molecule has 1 aliphatic carbocycles. The van der Waals surface area contributed by atoms with E-state index in [9.17, 15) is 4.79 Å². The molecule has 0 spiro atoms. The van der Waals surface area contributed by atoms with Gasteiger partial charge in [-0.25, -0.2) is 0 Å². The summed E-state index contributed by atoms with van der Waals surface area (Å²) >= 11 is 1.59. The van der Waals surface area contributed by atoms with E-state index in [4.69, 9.17) is 4.74 Å². The van der Waals surface area contributed by atoms with Crippen molar-refractivity contribution in [1.82, 2.24) is 10.2 Å². The molecule has 1 aromatic carbocycles. The van der Waals surface area contributed by atoms with E-state index in [0.29, 0.717) is 0 Å². The van der Waals surface area contributed by atoms with E-state index in [2.05, 4.69) is 43.1 Å². The largest absolute Gasteiger partial charge is 0.490 e. The zero-order chi connectivity index (χ0) is 19.8. The number of hydrogen-bond donors (Lipinski definition) is 0. The Bertz CT molecular complexity index is 875. The van der Waals surface area contributed by atoms with Crippen LogP contribution >= 0.6 is 11.3 Å². The molecule has 4 rings (SSSR count). The van der Waals surface area contributed by atoms with Gasteiger partial charge in [0.1, 0.15) is 10.8 Å².